The van der Waals surface area contributed by atoms with Gasteiger partial charge in [0.2, 0.25) is 11.8 Å². The van der Waals surface area contributed by atoms with Gasteiger partial charge in [-0.3, -0.25) is 9.59 Å². The fourth-order valence-corrected chi connectivity index (χ4v) is 3.58. The van der Waals surface area contributed by atoms with Crippen LogP contribution in [0.25, 0.3) is 0 Å². The molecule has 2 N–H and O–H groups in total. The van der Waals surface area contributed by atoms with Crippen molar-refractivity contribution in [3.8, 4) is 12.3 Å². The lowest BCUT2D eigenvalue weighted by Gasteiger charge is -2.36. The van der Waals surface area contributed by atoms with Crippen molar-refractivity contribution in [3.05, 3.63) is 35.4 Å². The Morgan fingerprint density at radius 3 is 2.09 bits per heavy atom. The zero-order valence-electron chi connectivity index (χ0n) is 21.0. The van der Waals surface area contributed by atoms with Gasteiger partial charge in [0.05, 0.1) is 0 Å². The Kier molecular flexibility index (Phi) is 7.84. The molecule has 4 atom stereocenters. The van der Waals surface area contributed by atoms with Gasteiger partial charge in [-0.1, -0.05) is 25.0 Å². The van der Waals surface area contributed by atoms with E-state index < -0.39 is 29.3 Å². The number of alkyl carbamates (subject to hydrolysis) is 1. The van der Waals surface area contributed by atoms with Crippen molar-refractivity contribution in [1.82, 2.24) is 15.5 Å². The number of benzene rings is 1. The number of terminal acetylenes is 1. The van der Waals surface area contributed by atoms with E-state index in [0.717, 1.165) is 6.42 Å². The van der Waals surface area contributed by atoms with Gasteiger partial charge in [-0.2, -0.15) is 0 Å². The fourth-order valence-electron chi connectivity index (χ4n) is 3.58. The smallest absolute Gasteiger partial charge is 0.408 e. The first-order chi connectivity index (χ1) is 15.1. The fraction of sp³-hybridized carbons (Fsp3) is 0.577. The Hall–Kier alpha value is -3.01. The topological polar surface area (TPSA) is 87.7 Å². The molecule has 180 valence electrons. The second kappa shape index (κ2) is 9.86. The van der Waals surface area contributed by atoms with Gasteiger partial charge in [-0.15, -0.1) is 6.42 Å². The normalized spacial score (nSPS) is 19.5. The molecule has 1 aliphatic carbocycles. The van der Waals surface area contributed by atoms with Gasteiger partial charge < -0.3 is 20.3 Å². The molecule has 0 spiro atoms. The number of hydrogen-bond acceptors (Lipinski definition) is 4. The van der Waals surface area contributed by atoms with Crippen LogP contribution in [0, 0.1) is 18.3 Å². The summed E-state index contributed by atoms with van der Waals surface area (Å²) in [5.41, 5.74) is 0.170. The van der Waals surface area contributed by atoms with E-state index >= 15 is 0 Å². The molecule has 33 heavy (non-hydrogen) atoms. The van der Waals surface area contributed by atoms with Crippen molar-refractivity contribution in [3.63, 3.8) is 0 Å². The lowest BCUT2D eigenvalue weighted by molar-refractivity contribution is -0.143. The monoisotopic (exact) mass is 455 g/mol. The average Bonchev–Trinajstić information content (AvgIpc) is 3.38. The van der Waals surface area contributed by atoms with Gasteiger partial charge in [0.1, 0.15) is 17.7 Å². The van der Waals surface area contributed by atoms with E-state index in [1.165, 1.54) is 0 Å². The van der Waals surface area contributed by atoms with Crippen molar-refractivity contribution in [2.45, 2.75) is 91.1 Å². The van der Waals surface area contributed by atoms with E-state index in [0.29, 0.717) is 11.1 Å². The number of amides is 3. The summed E-state index contributed by atoms with van der Waals surface area (Å²) in [6.07, 6.45) is 5.59. The summed E-state index contributed by atoms with van der Waals surface area (Å²) in [6, 6.07) is 5.23. The molecule has 3 amide bonds. The minimum Gasteiger partial charge on any atom is -0.444 e. The van der Waals surface area contributed by atoms with E-state index in [-0.39, 0.29) is 23.8 Å². The molecule has 4 unspecified atom stereocenters. The Morgan fingerprint density at radius 2 is 1.67 bits per heavy atom. The summed E-state index contributed by atoms with van der Waals surface area (Å²) in [4.78, 5) is 41.0. The molecule has 0 saturated heterocycles. The predicted molar refractivity (Wildman–Crippen MR) is 128 cm³/mol. The molecule has 0 heterocycles. The molecular weight excluding hydrogens is 418 g/mol. The second-order valence-electron chi connectivity index (χ2n) is 10.8. The minimum atomic E-state index is -0.873. The second-order valence-corrected chi connectivity index (χ2v) is 10.8. The SMILES string of the molecule is C#Cc1ccc(C(C(=O)NC(C)(C)C)N(C(=O)C(C)NC(=O)OC(C)(C)C)C2CC2C)cc1. The molecule has 1 saturated carbocycles. The summed E-state index contributed by atoms with van der Waals surface area (Å²) in [6.45, 7) is 14.6. The lowest BCUT2D eigenvalue weighted by Crippen LogP contribution is -2.54. The number of hydrogen-bond donors (Lipinski definition) is 2. The van der Waals surface area contributed by atoms with E-state index in [2.05, 4.69) is 16.6 Å². The Balaban J connectivity index is 2.41. The first-order valence-electron chi connectivity index (χ1n) is 11.3. The van der Waals surface area contributed by atoms with E-state index in [4.69, 9.17) is 11.2 Å². The van der Waals surface area contributed by atoms with Crippen LogP contribution in [0.5, 0.6) is 0 Å². The Bertz CT molecular complexity index is 919. The van der Waals surface area contributed by atoms with Crippen LogP contribution >= 0.6 is 0 Å². The highest BCUT2D eigenvalue weighted by molar-refractivity contribution is 5.92. The number of nitrogens with one attached hydrogen (secondary N) is 2. The number of rotatable bonds is 6. The van der Waals surface area contributed by atoms with E-state index in [1.807, 2.05) is 27.7 Å². The Morgan fingerprint density at radius 1 is 1.12 bits per heavy atom. The summed E-state index contributed by atoms with van der Waals surface area (Å²) >= 11 is 0. The molecule has 7 heteroatoms. The van der Waals surface area contributed by atoms with Crippen LogP contribution in [0.3, 0.4) is 0 Å². The van der Waals surface area contributed by atoms with Crippen molar-refractivity contribution < 1.29 is 19.1 Å². The third kappa shape index (κ3) is 7.52. The van der Waals surface area contributed by atoms with Crippen LogP contribution in [0.15, 0.2) is 24.3 Å². The molecule has 0 radical (unpaired) electrons. The average molecular weight is 456 g/mol. The molecule has 2 rings (SSSR count). The van der Waals surface area contributed by atoms with Gasteiger partial charge in [0.15, 0.2) is 0 Å². The standard InChI is InChI=1S/C26H37N3O4/c1-10-18-11-13-19(14-12-18)21(22(30)28-25(4,5)6)29(20-15-16(20)2)23(31)17(3)27-24(32)33-26(7,8)9/h1,11-14,16-17,20-21H,15H2,2-9H3,(H,27,32)(H,28,30). The quantitative estimate of drug-likeness (QED) is 0.639. The summed E-state index contributed by atoms with van der Waals surface area (Å²) < 4.78 is 5.30. The molecule has 0 bridgehead atoms. The van der Waals surface area contributed by atoms with Crippen LogP contribution in [-0.4, -0.2) is 46.0 Å². The van der Waals surface area contributed by atoms with Crippen LogP contribution in [0.1, 0.15) is 79.0 Å². The summed E-state index contributed by atoms with van der Waals surface area (Å²) in [5.74, 6) is 2.19. The highest BCUT2D eigenvalue weighted by Crippen LogP contribution is 2.40. The third-order valence-corrected chi connectivity index (χ3v) is 5.20. The number of carbonyl (C=O) groups is 3. The van der Waals surface area contributed by atoms with Crippen molar-refractivity contribution in [1.29, 1.82) is 0 Å². The molecule has 1 aromatic rings. The summed E-state index contributed by atoms with van der Waals surface area (Å²) in [5, 5.41) is 5.62. The minimum absolute atomic E-state index is 0.108. The largest absolute Gasteiger partial charge is 0.444 e. The maximum Gasteiger partial charge on any atom is 0.408 e. The molecule has 0 aliphatic heterocycles. The van der Waals surface area contributed by atoms with Gasteiger partial charge in [-0.05, 0) is 78.5 Å². The van der Waals surface area contributed by atoms with Gasteiger partial charge in [0.25, 0.3) is 0 Å². The van der Waals surface area contributed by atoms with Crippen LogP contribution < -0.4 is 10.6 Å². The van der Waals surface area contributed by atoms with Gasteiger partial charge in [0, 0.05) is 17.1 Å². The van der Waals surface area contributed by atoms with E-state index in [9.17, 15) is 14.4 Å². The van der Waals surface area contributed by atoms with Crippen LogP contribution in [0.2, 0.25) is 0 Å². The molecule has 7 nitrogen and oxygen atoms in total. The number of nitrogens with zero attached hydrogens (tertiary/aromatic N) is 1. The van der Waals surface area contributed by atoms with Crippen LogP contribution in [-0.2, 0) is 14.3 Å². The molecular formula is C26H37N3O4. The van der Waals surface area contributed by atoms with Gasteiger partial charge >= 0.3 is 6.09 Å². The Labute approximate surface area is 197 Å². The van der Waals surface area contributed by atoms with Crippen LogP contribution in [0.4, 0.5) is 4.79 Å². The highest BCUT2D eigenvalue weighted by atomic mass is 16.6. The maximum absolute atomic E-state index is 13.6. The lowest BCUT2D eigenvalue weighted by atomic mass is 9.99. The summed E-state index contributed by atoms with van der Waals surface area (Å²) in [7, 11) is 0. The zero-order chi connectivity index (χ0) is 25.1. The van der Waals surface area contributed by atoms with Crippen molar-refractivity contribution in [2.24, 2.45) is 5.92 Å². The maximum atomic E-state index is 13.6. The highest BCUT2D eigenvalue weighted by Gasteiger charge is 2.47. The molecule has 1 aliphatic rings. The first kappa shape index (κ1) is 26.2. The predicted octanol–water partition coefficient (Wildman–Crippen LogP) is 3.77. The molecule has 1 fully saturated rings. The molecule has 1 aromatic carbocycles. The van der Waals surface area contributed by atoms with Crippen molar-refractivity contribution >= 4 is 17.9 Å². The van der Waals surface area contributed by atoms with Gasteiger partial charge in [-0.25, -0.2) is 4.79 Å². The zero-order valence-corrected chi connectivity index (χ0v) is 21.0. The molecule has 0 aromatic heterocycles. The first-order valence-corrected chi connectivity index (χ1v) is 11.3. The number of carbonyl (C=O) groups excluding carboxylic acids is 3. The third-order valence-electron chi connectivity index (χ3n) is 5.20. The number of ether oxygens (including phenoxy) is 1. The van der Waals surface area contributed by atoms with Crippen molar-refractivity contribution in [2.75, 3.05) is 0 Å². The van der Waals surface area contributed by atoms with E-state index in [1.54, 1.807) is 56.9 Å².